The van der Waals surface area contributed by atoms with Gasteiger partial charge in [-0.15, -0.1) is 5.10 Å². The molecule has 0 saturated carbocycles. The summed E-state index contributed by atoms with van der Waals surface area (Å²) in [6.07, 6.45) is 5.67. The summed E-state index contributed by atoms with van der Waals surface area (Å²) in [5, 5.41) is 8.24. The first kappa shape index (κ1) is 30.8. The van der Waals surface area contributed by atoms with Gasteiger partial charge in [-0.05, 0) is 42.7 Å². The fraction of sp³-hybridized carbons (Fsp3) is 0.364. The number of carbonyl (C=O) groups excluding carboxylic acids is 3. The van der Waals surface area contributed by atoms with Gasteiger partial charge < -0.3 is 29.2 Å². The van der Waals surface area contributed by atoms with Crippen LogP contribution >= 0.6 is 0 Å². The molecule has 0 spiro atoms. The summed E-state index contributed by atoms with van der Waals surface area (Å²) in [5.41, 5.74) is 2.92. The van der Waals surface area contributed by atoms with E-state index in [1.165, 1.54) is 0 Å². The van der Waals surface area contributed by atoms with E-state index in [1.54, 1.807) is 57.9 Å². The number of carbonyl (C=O) groups is 3. The highest BCUT2D eigenvalue weighted by Crippen LogP contribution is 2.40. The number of benzene rings is 2. The summed E-state index contributed by atoms with van der Waals surface area (Å²) in [5.74, 6) is -0.230. The van der Waals surface area contributed by atoms with Crippen LogP contribution in [-0.4, -0.2) is 106 Å². The third-order valence-corrected chi connectivity index (χ3v) is 8.45. The minimum atomic E-state index is -0.497. The van der Waals surface area contributed by atoms with Crippen molar-refractivity contribution in [3.8, 4) is 16.9 Å². The monoisotopic (exact) mass is 629 g/mol. The van der Waals surface area contributed by atoms with Gasteiger partial charge in [0.15, 0.2) is 5.82 Å². The van der Waals surface area contributed by atoms with E-state index >= 15 is 4.39 Å². The van der Waals surface area contributed by atoms with Gasteiger partial charge in [-0.1, -0.05) is 29.5 Å². The Balaban J connectivity index is 1.32. The van der Waals surface area contributed by atoms with Crippen molar-refractivity contribution < 1.29 is 28.2 Å². The third kappa shape index (κ3) is 6.17. The number of aryl methyl sites for hydroxylation is 1. The summed E-state index contributed by atoms with van der Waals surface area (Å²) in [7, 11) is 1.58. The van der Waals surface area contributed by atoms with Crippen LogP contribution in [0, 0.1) is 5.82 Å². The molecule has 1 fully saturated rings. The second kappa shape index (κ2) is 13.4. The number of aromatic nitrogens is 4. The third-order valence-electron chi connectivity index (χ3n) is 8.45. The molecule has 240 valence electrons. The van der Waals surface area contributed by atoms with Crippen molar-refractivity contribution in [1.82, 2.24) is 34.7 Å². The summed E-state index contributed by atoms with van der Waals surface area (Å²) in [6.45, 7) is 4.57. The Kier molecular flexibility index (Phi) is 8.99. The summed E-state index contributed by atoms with van der Waals surface area (Å²) in [6, 6.07) is 10.9. The van der Waals surface area contributed by atoms with Crippen LogP contribution in [0.2, 0.25) is 0 Å². The first-order valence-corrected chi connectivity index (χ1v) is 15.4. The van der Waals surface area contributed by atoms with Crippen molar-refractivity contribution in [2.24, 2.45) is 0 Å². The molecule has 0 bridgehead atoms. The Labute approximate surface area is 265 Å². The predicted octanol–water partition coefficient (Wildman–Crippen LogP) is 4.19. The minimum absolute atomic E-state index is 0.0525. The van der Waals surface area contributed by atoms with Gasteiger partial charge in [0.2, 0.25) is 5.91 Å². The number of aromatic amines is 1. The molecular formula is C33H36FN7O5. The van der Waals surface area contributed by atoms with E-state index in [9.17, 15) is 14.4 Å². The molecule has 12 nitrogen and oxygen atoms in total. The Hall–Kier alpha value is -5.20. The Morgan fingerprint density at radius 1 is 0.978 bits per heavy atom. The first-order chi connectivity index (χ1) is 22.4. The van der Waals surface area contributed by atoms with Gasteiger partial charge in [0, 0.05) is 68.4 Å². The molecule has 4 heterocycles. The number of methoxy groups -OCH3 is 1. The topological polar surface area (TPSA) is 126 Å². The minimum Gasteiger partial charge on any atom is -0.496 e. The zero-order chi connectivity index (χ0) is 32.2. The molecule has 2 aromatic heterocycles. The number of hydrogen-bond donors (Lipinski definition) is 1. The average molecular weight is 630 g/mol. The maximum absolute atomic E-state index is 16.5. The van der Waals surface area contributed by atoms with E-state index in [0.29, 0.717) is 73.5 Å². The number of piperazine rings is 1. The number of hydrogen-bond acceptors (Lipinski definition) is 7. The van der Waals surface area contributed by atoms with Crippen LogP contribution in [0.1, 0.15) is 35.8 Å². The van der Waals surface area contributed by atoms with E-state index in [2.05, 4.69) is 15.3 Å². The van der Waals surface area contributed by atoms with E-state index in [-0.39, 0.29) is 42.6 Å². The zero-order valence-corrected chi connectivity index (χ0v) is 25.9. The Morgan fingerprint density at radius 2 is 1.76 bits per heavy atom. The first-order valence-electron chi connectivity index (χ1n) is 15.4. The molecule has 2 aromatic carbocycles. The molecule has 46 heavy (non-hydrogen) atoms. The number of para-hydroxylation sites is 1. The van der Waals surface area contributed by atoms with Crippen molar-refractivity contribution in [2.45, 2.75) is 26.3 Å². The molecule has 0 atom stereocenters. The fourth-order valence-corrected chi connectivity index (χ4v) is 6.05. The molecule has 2 aliphatic heterocycles. The van der Waals surface area contributed by atoms with Gasteiger partial charge in [-0.2, -0.15) is 0 Å². The number of H-pyrrole nitrogens is 1. The Morgan fingerprint density at radius 3 is 2.50 bits per heavy atom. The van der Waals surface area contributed by atoms with Gasteiger partial charge >= 0.3 is 6.09 Å². The zero-order valence-electron chi connectivity index (χ0n) is 25.9. The van der Waals surface area contributed by atoms with Crippen molar-refractivity contribution in [2.75, 3.05) is 53.0 Å². The normalized spacial score (nSPS) is 15.2. The summed E-state index contributed by atoms with van der Waals surface area (Å²) in [4.78, 5) is 46.9. The van der Waals surface area contributed by atoms with E-state index in [0.717, 1.165) is 5.56 Å². The quantitative estimate of drug-likeness (QED) is 0.310. The van der Waals surface area contributed by atoms with E-state index in [4.69, 9.17) is 9.47 Å². The molecule has 3 amide bonds. The van der Waals surface area contributed by atoms with Gasteiger partial charge in [0.05, 0.1) is 32.0 Å². The number of ether oxygens (including phenoxy) is 2. The lowest BCUT2D eigenvalue weighted by Crippen LogP contribution is -2.50. The second-order valence-corrected chi connectivity index (χ2v) is 11.2. The van der Waals surface area contributed by atoms with Crippen LogP contribution in [0.4, 0.5) is 9.18 Å². The smallest absolute Gasteiger partial charge is 0.409 e. The van der Waals surface area contributed by atoms with Crippen LogP contribution in [-0.2, 0) is 16.1 Å². The van der Waals surface area contributed by atoms with Crippen LogP contribution < -0.4 is 4.74 Å². The van der Waals surface area contributed by atoms with E-state index in [1.807, 2.05) is 30.3 Å². The molecule has 13 heteroatoms. The standard InChI is InChI=1S/C33H36FN7O5/c1-3-46-33(44)39-17-15-38(16-18-39)32(43)27-20-26-25(23-8-4-5-9-28(23)45-2)19-24(30(34)31(26)36-27)22-7-6-12-40(21-22)29(42)10-13-41-14-11-35-37-41/h4-5,7-9,11,14,19-20,36H,3,6,10,12-13,15-18,21H2,1-2H3. The molecule has 2 aliphatic rings. The van der Waals surface area contributed by atoms with E-state index < -0.39 is 11.9 Å². The maximum Gasteiger partial charge on any atom is 0.409 e. The molecular weight excluding hydrogens is 593 g/mol. The lowest BCUT2D eigenvalue weighted by molar-refractivity contribution is -0.131. The van der Waals surface area contributed by atoms with Crippen LogP contribution in [0.25, 0.3) is 27.6 Å². The number of rotatable bonds is 8. The average Bonchev–Trinajstić information content (AvgIpc) is 3.79. The SMILES string of the molecule is CCOC(=O)N1CCN(C(=O)c2cc3c(-c4ccccc4OC)cc(C4=CCCN(C(=O)CCn5ccnn5)C4)c(F)c3[nH]2)CC1. The molecule has 1 saturated heterocycles. The highest BCUT2D eigenvalue weighted by Gasteiger charge is 2.29. The van der Waals surface area contributed by atoms with Crippen molar-refractivity contribution in [3.05, 3.63) is 71.9 Å². The molecule has 0 radical (unpaired) electrons. The largest absolute Gasteiger partial charge is 0.496 e. The lowest BCUT2D eigenvalue weighted by atomic mass is 9.93. The molecule has 0 unspecified atom stereocenters. The number of nitrogens with one attached hydrogen (secondary N) is 1. The number of nitrogens with zero attached hydrogens (tertiary/aromatic N) is 6. The second-order valence-electron chi connectivity index (χ2n) is 11.2. The predicted molar refractivity (Wildman–Crippen MR) is 169 cm³/mol. The van der Waals surface area contributed by atoms with Crippen LogP contribution in [0.15, 0.2) is 54.9 Å². The van der Waals surface area contributed by atoms with Crippen molar-refractivity contribution in [3.63, 3.8) is 0 Å². The fourth-order valence-electron chi connectivity index (χ4n) is 6.05. The van der Waals surface area contributed by atoms with Crippen molar-refractivity contribution in [1.29, 1.82) is 0 Å². The van der Waals surface area contributed by atoms with Crippen molar-refractivity contribution >= 4 is 34.4 Å². The highest BCUT2D eigenvalue weighted by molar-refractivity contribution is 6.05. The van der Waals surface area contributed by atoms with Gasteiger partial charge in [-0.3, -0.25) is 14.3 Å². The van der Waals surface area contributed by atoms with Gasteiger partial charge in [0.1, 0.15) is 11.4 Å². The van der Waals surface area contributed by atoms with Gasteiger partial charge in [0.25, 0.3) is 5.91 Å². The highest BCUT2D eigenvalue weighted by atomic mass is 19.1. The summed E-state index contributed by atoms with van der Waals surface area (Å²) < 4.78 is 28.9. The number of amides is 3. The number of halogens is 1. The molecule has 0 aliphatic carbocycles. The van der Waals surface area contributed by atoms with Crippen LogP contribution in [0.5, 0.6) is 5.75 Å². The molecule has 1 N–H and O–H groups in total. The van der Waals surface area contributed by atoms with Crippen LogP contribution in [0.3, 0.4) is 0 Å². The molecule has 6 rings (SSSR count). The Bertz CT molecular complexity index is 1780. The number of fused-ring (bicyclic) bond motifs is 1. The van der Waals surface area contributed by atoms with Gasteiger partial charge in [-0.25, -0.2) is 9.18 Å². The molecule has 4 aromatic rings. The maximum atomic E-state index is 16.5. The summed E-state index contributed by atoms with van der Waals surface area (Å²) >= 11 is 0. The lowest BCUT2D eigenvalue weighted by Gasteiger charge is -2.33.